The quantitative estimate of drug-likeness (QED) is 0.829. The lowest BCUT2D eigenvalue weighted by Crippen LogP contribution is -2.28. The number of hydrogen-bond acceptors (Lipinski definition) is 4. The molecule has 1 aliphatic rings. The van der Waals surface area contributed by atoms with Crippen LogP contribution >= 0.6 is 11.6 Å². The van der Waals surface area contributed by atoms with Crippen LogP contribution in [0.4, 0.5) is 5.82 Å². The minimum Gasteiger partial charge on any atom is -0.393 e. The summed E-state index contributed by atoms with van der Waals surface area (Å²) in [5.74, 6) is 0.781. The van der Waals surface area contributed by atoms with Gasteiger partial charge in [-0.25, -0.2) is 4.98 Å². The molecular weight excluding hydrogens is 264 g/mol. The molecule has 2 heterocycles. The van der Waals surface area contributed by atoms with Crippen LogP contribution < -0.4 is 5.32 Å². The fourth-order valence-corrected chi connectivity index (χ4v) is 2.85. The smallest absolute Gasteiger partial charge is 0.225 e. The first-order chi connectivity index (χ1) is 9.13. The van der Waals surface area contributed by atoms with Gasteiger partial charge in [0.1, 0.15) is 5.52 Å². The highest BCUT2D eigenvalue weighted by molar-refractivity contribution is 6.28. The van der Waals surface area contributed by atoms with Gasteiger partial charge in [-0.2, -0.15) is 4.98 Å². The monoisotopic (exact) mass is 280 g/mol. The van der Waals surface area contributed by atoms with E-state index in [4.69, 9.17) is 11.6 Å². The molecule has 0 atom stereocenters. The number of aliphatic hydroxyl groups excluding tert-OH is 1. The van der Waals surface area contributed by atoms with Gasteiger partial charge in [-0.05, 0) is 43.4 Å². The van der Waals surface area contributed by atoms with E-state index in [0.29, 0.717) is 6.04 Å². The van der Waals surface area contributed by atoms with Crippen LogP contribution in [0.15, 0.2) is 12.3 Å². The van der Waals surface area contributed by atoms with E-state index >= 15 is 0 Å². The van der Waals surface area contributed by atoms with Gasteiger partial charge in [-0.3, -0.25) is 0 Å². The molecule has 0 unspecified atom stereocenters. The average molecular weight is 281 g/mol. The molecule has 1 aliphatic carbocycles. The van der Waals surface area contributed by atoms with Crippen molar-refractivity contribution in [1.29, 1.82) is 0 Å². The SMILES string of the molecule is Cn1ccc2nc(Cl)nc(N[C@H]3CC[C@H](O)CC3)c21. The number of halogens is 1. The van der Waals surface area contributed by atoms with Gasteiger partial charge in [0.2, 0.25) is 5.28 Å². The highest BCUT2D eigenvalue weighted by Crippen LogP contribution is 2.26. The lowest BCUT2D eigenvalue weighted by molar-refractivity contribution is 0.126. The summed E-state index contributed by atoms with van der Waals surface area (Å²) in [6, 6.07) is 2.27. The second kappa shape index (κ2) is 4.98. The minimum absolute atomic E-state index is 0.151. The maximum Gasteiger partial charge on any atom is 0.225 e. The van der Waals surface area contributed by atoms with Gasteiger partial charge in [-0.15, -0.1) is 0 Å². The predicted molar refractivity (Wildman–Crippen MR) is 75.4 cm³/mol. The Kier molecular flexibility index (Phi) is 3.33. The Balaban J connectivity index is 1.89. The zero-order valence-electron chi connectivity index (χ0n) is 10.8. The fourth-order valence-electron chi connectivity index (χ4n) is 2.68. The molecule has 5 nitrogen and oxygen atoms in total. The number of aryl methyl sites for hydroxylation is 1. The molecule has 1 saturated carbocycles. The van der Waals surface area contributed by atoms with Crippen molar-refractivity contribution in [2.75, 3.05) is 5.32 Å². The summed E-state index contributed by atoms with van der Waals surface area (Å²) in [7, 11) is 1.97. The summed E-state index contributed by atoms with van der Waals surface area (Å²) in [6.07, 6.45) is 5.39. The molecule has 102 valence electrons. The Hall–Kier alpha value is -1.33. The van der Waals surface area contributed by atoms with Gasteiger partial charge < -0.3 is 15.0 Å². The van der Waals surface area contributed by atoms with Crippen LogP contribution in [0.25, 0.3) is 11.0 Å². The van der Waals surface area contributed by atoms with Crippen LogP contribution in [0.1, 0.15) is 25.7 Å². The molecule has 3 rings (SSSR count). The molecule has 0 spiro atoms. The van der Waals surface area contributed by atoms with E-state index in [1.165, 1.54) is 0 Å². The molecule has 0 radical (unpaired) electrons. The standard InChI is InChI=1S/C13H17ClN4O/c1-18-7-6-10-11(18)12(17-13(14)16-10)15-8-2-4-9(19)5-3-8/h6-9,19H,2-5H2,1H3,(H,15,16,17)/t8-,9-. The van der Waals surface area contributed by atoms with Crippen molar-refractivity contribution in [3.8, 4) is 0 Å². The number of fused-ring (bicyclic) bond motifs is 1. The number of hydrogen-bond donors (Lipinski definition) is 2. The van der Waals surface area contributed by atoms with E-state index in [9.17, 15) is 5.11 Å². The van der Waals surface area contributed by atoms with Crippen LogP contribution in [0, 0.1) is 0 Å². The number of aliphatic hydroxyl groups is 1. The first kappa shape index (κ1) is 12.7. The predicted octanol–water partition coefficient (Wildman–Crippen LogP) is 2.34. The Labute approximate surface area is 116 Å². The topological polar surface area (TPSA) is 63.0 Å². The molecule has 0 aliphatic heterocycles. The fraction of sp³-hybridized carbons (Fsp3) is 0.538. The molecule has 1 fully saturated rings. The van der Waals surface area contributed by atoms with Gasteiger partial charge in [-0.1, -0.05) is 0 Å². The van der Waals surface area contributed by atoms with Gasteiger partial charge >= 0.3 is 0 Å². The van der Waals surface area contributed by atoms with Gasteiger partial charge in [0.05, 0.1) is 11.6 Å². The summed E-state index contributed by atoms with van der Waals surface area (Å²) in [5.41, 5.74) is 1.82. The molecule has 19 heavy (non-hydrogen) atoms. The number of nitrogens with one attached hydrogen (secondary N) is 1. The van der Waals surface area contributed by atoms with Crippen molar-refractivity contribution < 1.29 is 5.11 Å². The maximum atomic E-state index is 9.54. The molecule has 2 N–H and O–H groups in total. The molecule has 0 bridgehead atoms. The van der Waals surface area contributed by atoms with E-state index < -0.39 is 0 Å². The summed E-state index contributed by atoms with van der Waals surface area (Å²) in [4.78, 5) is 8.52. The van der Waals surface area contributed by atoms with Crippen molar-refractivity contribution in [1.82, 2.24) is 14.5 Å². The van der Waals surface area contributed by atoms with Crippen molar-refractivity contribution in [2.45, 2.75) is 37.8 Å². The Morgan fingerprint density at radius 3 is 2.79 bits per heavy atom. The third-order valence-corrected chi connectivity index (χ3v) is 3.90. The zero-order valence-corrected chi connectivity index (χ0v) is 11.6. The molecular formula is C13H17ClN4O. The van der Waals surface area contributed by atoms with Crippen LogP contribution in [-0.4, -0.2) is 31.8 Å². The lowest BCUT2D eigenvalue weighted by atomic mass is 9.93. The highest BCUT2D eigenvalue weighted by Gasteiger charge is 2.21. The molecule has 0 amide bonds. The minimum atomic E-state index is -0.151. The molecule has 2 aromatic rings. The molecule has 2 aromatic heterocycles. The van der Waals surface area contributed by atoms with Gasteiger partial charge in [0, 0.05) is 19.3 Å². The first-order valence-corrected chi connectivity index (χ1v) is 6.94. The Morgan fingerprint density at radius 2 is 2.05 bits per heavy atom. The molecule has 6 heteroatoms. The van der Waals surface area contributed by atoms with Crippen LogP contribution in [0.2, 0.25) is 5.28 Å². The third kappa shape index (κ3) is 2.53. The van der Waals surface area contributed by atoms with E-state index in [-0.39, 0.29) is 11.4 Å². The number of aromatic nitrogens is 3. The van der Waals surface area contributed by atoms with E-state index in [2.05, 4.69) is 15.3 Å². The Bertz CT molecular complexity index is 590. The van der Waals surface area contributed by atoms with E-state index in [1.807, 2.05) is 23.9 Å². The zero-order chi connectivity index (χ0) is 13.4. The van der Waals surface area contributed by atoms with Crippen LogP contribution in [0.3, 0.4) is 0 Å². The second-order valence-electron chi connectivity index (χ2n) is 5.15. The number of nitrogens with zero attached hydrogens (tertiary/aromatic N) is 3. The lowest BCUT2D eigenvalue weighted by Gasteiger charge is -2.26. The normalized spacial score (nSPS) is 23.7. The molecule has 0 saturated heterocycles. The number of anilines is 1. The van der Waals surface area contributed by atoms with Gasteiger partial charge in [0.15, 0.2) is 5.82 Å². The third-order valence-electron chi connectivity index (χ3n) is 3.73. The van der Waals surface area contributed by atoms with Crippen molar-refractivity contribution in [3.05, 3.63) is 17.5 Å². The van der Waals surface area contributed by atoms with Crippen molar-refractivity contribution in [3.63, 3.8) is 0 Å². The van der Waals surface area contributed by atoms with Crippen LogP contribution in [-0.2, 0) is 7.05 Å². The largest absolute Gasteiger partial charge is 0.393 e. The first-order valence-electron chi connectivity index (χ1n) is 6.56. The maximum absolute atomic E-state index is 9.54. The second-order valence-corrected chi connectivity index (χ2v) is 5.49. The summed E-state index contributed by atoms with van der Waals surface area (Å²) < 4.78 is 1.99. The van der Waals surface area contributed by atoms with Gasteiger partial charge in [0.25, 0.3) is 0 Å². The van der Waals surface area contributed by atoms with Crippen molar-refractivity contribution in [2.24, 2.45) is 7.05 Å². The average Bonchev–Trinajstić information content (AvgIpc) is 2.74. The van der Waals surface area contributed by atoms with Crippen molar-refractivity contribution >= 4 is 28.5 Å². The van der Waals surface area contributed by atoms with Crippen LogP contribution in [0.5, 0.6) is 0 Å². The number of rotatable bonds is 2. The summed E-state index contributed by atoms with van der Waals surface area (Å²) >= 11 is 5.96. The van der Waals surface area contributed by atoms with E-state index in [1.54, 1.807) is 0 Å². The summed E-state index contributed by atoms with van der Waals surface area (Å²) in [5, 5.41) is 13.2. The summed E-state index contributed by atoms with van der Waals surface area (Å²) in [6.45, 7) is 0. The van der Waals surface area contributed by atoms with E-state index in [0.717, 1.165) is 42.5 Å². The molecule has 0 aromatic carbocycles. The Morgan fingerprint density at radius 1 is 1.32 bits per heavy atom. The highest BCUT2D eigenvalue weighted by atomic mass is 35.5.